The molecule has 2 fully saturated rings. The Hall–Kier alpha value is -1.26. The second-order valence-electron chi connectivity index (χ2n) is 6.04. The number of hydrogen-bond donors (Lipinski definition) is 1. The van der Waals surface area contributed by atoms with Crippen LogP contribution < -0.4 is 0 Å². The Kier molecular flexibility index (Phi) is 4.32. The lowest BCUT2D eigenvalue weighted by molar-refractivity contribution is -0.143. The molecule has 5 heteroatoms. The highest BCUT2D eigenvalue weighted by Gasteiger charge is 2.38. The SMILES string of the molecule is CC1(C(=O)N2CCCN(C(=O)O)CC2)CCCCC1. The smallest absolute Gasteiger partial charge is 0.407 e. The highest BCUT2D eigenvalue weighted by atomic mass is 16.4. The lowest BCUT2D eigenvalue weighted by Gasteiger charge is -2.36. The van der Waals surface area contributed by atoms with E-state index in [0.29, 0.717) is 26.2 Å². The summed E-state index contributed by atoms with van der Waals surface area (Å²) in [5, 5.41) is 9.01. The molecular weight excluding hydrogens is 244 g/mol. The van der Waals surface area contributed by atoms with Crippen LogP contribution >= 0.6 is 0 Å². The average molecular weight is 268 g/mol. The Balaban J connectivity index is 1.97. The summed E-state index contributed by atoms with van der Waals surface area (Å²) in [4.78, 5) is 26.9. The van der Waals surface area contributed by atoms with Crippen LogP contribution in [0.1, 0.15) is 45.4 Å². The van der Waals surface area contributed by atoms with Crippen LogP contribution in [0.25, 0.3) is 0 Å². The number of carbonyl (C=O) groups excluding carboxylic acids is 1. The van der Waals surface area contributed by atoms with E-state index in [-0.39, 0.29) is 11.3 Å². The summed E-state index contributed by atoms with van der Waals surface area (Å²) in [6.45, 7) is 4.29. The van der Waals surface area contributed by atoms with Crippen molar-refractivity contribution in [3.63, 3.8) is 0 Å². The van der Waals surface area contributed by atoms with Gasteiger partial charge in [-0.1, -0.05) is 26.2 Å². The monoisotopic (exact) mass is 268 g/mol. The lowest BCUT2D eigenvalue weighted by atomic mass is 9.74. The first-order valence-electron chi connectivity index (χ1n) is 7.30. The van der Waals surface area contributed by atoms with Crippen molar-refractivity contribution in [2.45, 2.75) is 45.4 Å². The minimum atomic E-state index is -0.877. The number of amides is 2. The molecule has 2 aliphatic rings. The third-order valence-corrected chi connectivity index (χ3v) is 4.53. The van der Waals surface area contributed by atoms with E-state index >= 15 is 0 Å². The number of nitrogens with zero attached hydrogens (tertiary/aromatic N) is 2. The van der Waals surface area contributed by atoms with Crippen LogP contribution in [0, 0.1) is 5.41 Å². The fourth-order valence-corrected chi connectivity index (χ4v) is 3.24. The maximum Gasteiger partial charge on any atom is 0.407 e. The second-order valence-corrected chi connectivity index (χ2v) is 6.04. The number of carbonyl (C=O) groups is 2. The van der Waals surface area contributed by atoms with Gasteiger partial charge in [0.2, 0.25) is 5.91 Å². The Morgan fingerprint density at radius 1 is 0.895 bits per heavy atom. The summed E-state index contributed by atoms with van der Waals surface area (Å²) in [5.74, 6) is 0.236. The Labute approximate surface area is 114 Å². The minimum absolute atomic E-state index is 0.212. The van der Waals surface area contributed by atoms with Gasteiger partial charge >= 0.3 is 6.09 Å². The predicted molar refractivity (Wildman–Crippen MR) is 72.0 cm³/mol. The summed E-state index contributed by atoms with van der Waals surface area (Å²) in [5.41, 5.74) is -0.212. The van der Waals surface area contributed by atoms with E-state index in [2.05, 4.69) is 6.92 Å². The quantitative estimate of drug-likeness (QED) is 0.793. The molecule has 1 saturated heterocycles. The number of carboxylic acid groups (broad SMARTS) is 1. The summed E-state index contributed by atoms with van der Waals surface area (Å²) in [6.07, 6.45) is 5.33. The highest BCUT2D eigenvalue weighted by Crippen LogP contribution is 2.37. The normalized spacial score (nSPS) is 23.8. The molecule has 1 aliphatic carbocycles. The van der Waals surface area contributed by atoms with Crippen molar-refractivity contribution in [2.24, 2.45) is 5.41 Å². The van der Waals surface area contributed by atoms with Crippen molar-refractivity contribution in [3.05, 3.63) is 0 Å². The van der Waals surface area contributed by atoms with Crippen LogP contribution in [-0.4, -0.2) is 53.1 Å². The largest absolute Gasteiger partial charge is 0.465 e. The van der Waals surface area contributed by atoms with Gasteiger partial charge in [0, 0.05) is 31.6 Å². The van der Waals surface area contributed by atoms with E-state index in [1.807, 2.05) is 4.90 Å². The maximum absolute atomic E-state index is 12.7. The Morgan fingerprint density at radius 3 is 2.11 bits per heavy atom. The van der Waals surface area contributed by atoms with E-state index in [0.717, 1.165) is 32.1 Å². The van der Waals surface area contributed by atoms with Gasteiger partial charge in [-0.05, 0) is 19.3 Å². The fraction of sp³-hybridized carbons (Fsp3) is 0.857. The molecule has 0 aromatic heterocycles. The Bertz CT molecular complexity index is 351. The molecule has 1 N–H and O–H groups in total. The molecule has 1 saturated carbocycles. The van der Waals surface area contributed by atoms with Gasteiger partial charge in [-0.15, -0.1) is 0 Å². The molecule has 2 amide bonds. The first-order valence-corrected chi connectivity index (χ1v) is 7.30. The zero-order valence-electron chi connectivity index (χ0n) is 11.7. The summed E-state index contributed by atoms with van der Waals surface area (Å²) in [7, 11) is 0. The molecule has 0 aromatic rings. The van der Waals surface area contributed by atoms with Gasteiger partial charge in [-0.2, -0.15) is 0 Å². The van der Waals surface area contributed by atoms with Gasteiger partial charge in [0.25, 0.3) is 0 Å². The first-order chi connectivity index (χ1) is 9.03. The van der Waals surface area contributed by atoms with Crippen LogP contribution in [0.2, 0.25) is 0 Å². The van der Waals surface area contributed by atoms with Crippen LogP contribution in [0.15, 0.2) is 0 Å². The van der Waals surface area contributed by atoms with Crippen molar-refractivity contribution in [1.82, 2.24) is 9.80 Å². The Morgan fingerprint density at radius 2 is 1.47 bits per heavy atom. The van der Waals surface area contributed by atoms with E-state index in [9.17, 15) is 9.59 Å². The zero-order valence-corrected chi connectivity index (χ0v) is 11.7. The van der Waals surface area contributed by atoms with Gasteiger partial charge in [-0.3, -0.25) is 4.79 Å². The predicted octanol–water partition coefficient (Wildman–Crippen LogP) is 2.17. The number of hydrogen-bond acceptors (Lipinski definition) is 2. The van der Waals surface area contributed by atoms with Crippen molar-refractivity contribution in [2.75, 3.05) is 26.2 Å². The topological polar surface area (TPSA) is 60.9 Å². The molecule has 0 radical (unpaired) electrons. The van der Waals surface area contributed by atoms with Gasteiger partial charge < -0.3 is 14.9 Å². The molecule has 108 valence electrons. The average Bonchev–Trinajstić information content (AvgIpc) is 2.64. The molecule has 5 nitrogen and oxygen atoms in total. The molecule has 0 spiro atoms. The van der Waals surface area contributed by atoms with Crippen molar-refractivity contribution >= 4 is 12.0 Å². The van der Waals surface area contributed by atoms with Crippen molar-refractivity contribution in [3.8, 4) is 0 Å². The zero-order chi connectivity index (χ0) is 13.9. The van der Waals surface area contributed by atoms with E-state index < -0.39 is 6.09 Å². The minimum Gasteiger partial charge on any atom is -0.465 e. The third kappa shape index (κ3) is 3.19. The molecule has 1 heterocycles. The van der Waals surface area contributed by atoms with Crippen LogP contribution in [0.4, 0.5) is 4.79 Å². The van der Waals surface area contributed by atoms with Gasteiger partial charge in [-0.25, -0.2) is 4.79 Å². The maximum atomic E-state index is 12.7. The van der Waals surface area contributed by atoms with E-state index in [1.165, 1.54) is 11.3 Å². The molecule has 0 bridgehead atoms. The summed E-state index contributed by atoms with van der Waals surface area (Å²) in [6, 6.07) is 0. The number of rotatable bonds is 1. The van der Waals surface area contributed by atoms with E-state index in [1.54, 1.807) is 0 Å². The third-order valence-electron chi connectivity index (χ3n) is 4.53. The molecule has 19 heavy (non-hydrogen) atoms. The molecule has 2 rings (SSSR count). The van der Waals surface area contributed by atoms with E-state index in [4.69, 9.17) is 5.11 Å². The fourth-order valence-electron chi connectivity index (χ4n) is 3.24. The molecule has 1 aliphatic heterocycles. The molecule has 0 unspecified atom stereocenters. The van der Waals surface area contributed by atoms with Gasteiger partial charge in [0.15, 0.2) is 0 Å². The van der Waals surface area contributed by atoms with Gasteiger partial charge in [0.1, 0.15) is 0 Å². The molecule has 0 aromatic carbocycles. The van der Waals surface area contributed by atoms with Crippen molar-refractivity contribution < 1.29 is 14.7 Å². The summed E-state index contributed by atoms with van der Waals surface area (Å²) >= 11 is 0. The second kappa shape index (κ2) is 5.80. The van der Waals surface area contributed by atoms with Crippen LogP contribution in [-0.2, 0) is 4.79 Å². The van der Waals surface area contributed by atoms with Crippen LogP contribution in [0.5, 0.6) is 0 Å². The molecule has 0 atom stereocenters. The van der Waals surface area contributed by atoms with Gasteiger partial charge in [0.05, 0.1) is 0 Å². The molecular formula is C14H24N2O3. The lowest BCUT2D eigenvalue weighted by Crippen LogP contribution is -2.45. The highest BCUT2D eigenvalue weighted by molar-refractivity contribution is 5.82. The first kappa shape index (κ1) is 14.2. The van der Waals surface area contributed by atoms with Crippen molar-refractivity contribution in [1.29, 1.82) is 0 Å². The van der Waals surface area contributed by atoms with Crippen LogP contribution in [0.3, 0.4) is 0 Å². The standard InChI is InChI=1S/C14H24N2O3/c1-14(6-3-2-4-7-14)12(17)15-8-5-9-16(11-10-15)13(18)19/h2-11H2,1H3,(H,18,19). The summed E-state index contributed by atoms with van der Waals surface area (Å²) < 4.78 is 0.